The lowest BCUT2D eigenvalue weighted by Crippen LogP contribution is -2.50. The largest absolute Gasteiger partial charge is 0.377 e. The predicted octanol–water partition coefficient (Wildman–Crippen LogP) is 0.767. The second kappa shape index (κ2) is 8.67. The van der Waals surface area contributed by atoms with Crippen LogP contribution in [0.2, 0.25) is 0 Å². The van der Waals surface area contributed by atoms with Crippen molar-refractivity contribution in [2.75, 3.05) is 25.1 Å². The lowest BCUT2D eigenvalue weighted by Gasteiger charge is -2.35. The van der Waals surface area contributed by atoms with Crippen molar-refractivity contribution in [1.29, 1.82) is 0 Å². The molecule has 0 spiro atoms. The number of hydrogen-bond donors (Lipinski definition) is 1. The van der Waals surface area contributed by atoms with Crippen LogP contribution in [0, 0.1) is 12.7 Å². The van der Waals surface area contributed by atoms with Gasteiger partial charge in [-0.3, -0.25) is 9.59 Å². The van der Waals surface area contributed by atoms with E-state index in [9.17, 15) is 14.0 Å². The van der Waals surface area contributed by atoms with Crippen molar-refractivity contribution in [2.45, 2.75) is 32.4 Å². The number of halogens is 1. The normalized spacial score (nSPS) is 17.0. The quantitative estimate of drug-likeness (QED) is 0.799. The number of carbonyl (C=O) groups excluding carboxylic acids is 2. The molecule has 1 aromatic carbocycles. The second-order valence-electron chi connectivity index (χ2n) is 6.36. The van der Waals surface area contributed by atoms with Crippen molar-refractivity contribution in [3.05, 3.63) is 35.9 Å². The van der Waals surface area contributed by atoms with Gasteiger partial charge in [0.2, 0.25) is 11.8 Å². The van der Waals surface area contributed by atoms with Gasteiger partial charge in [-0.15, -0.1) is 5.10 Å². The summed E-state index contributed by atoms with van der Waals surface area (Å²) in [7, 11) is 0. The lowest BCUT2D eigenvalue weighted by atomic mass is 10.1. The van der Waals surface area contributed by atoms with Crippen LogP contribution in [0.1, 0.15) is 18.4 Å². The molecule has 0 aliphatic carbocycles. The molecule has 27 heavy (non-hydrogen) atoms. The van der Waals surface area contributed by atoms with Crippen LogP contribution < -0.4 is 5.32 Å². The van der Waals surface area contributed by atoms with Crippen LogP contribution in [0.25, 0.3) is 0 Å². The first-order valence-corrected chi connectivity index (χ1v) is 8.67. The third kappa shape index (κ3) is 5.07. The van der Waals surface area contributed by atoms with Gasteiger partial charge in [0.05, 0.1) is 25.8 Å². The van der Waals surface area contributed by atoms with E-state index in [0.29, 0.717) is 30.9 Å². The molecular weight excluding hydrogens is 355 g/mol. The van der Waals surface area contributed by atoms with Gasteiger partial charge in [-0.25, -0.2) is 9.07 Å². The van der Waals surface area contributed by atoms with E-state index in [1.807, 2.05) is 0 Å². The van der Waals surface area contributed by atoms with Crippen molar-refractivity contribution in [3.63, 3.8) is 0 Å². The number of amides is 2. The van der Waals surface area contributed by atoms with Gasteiger partial charge in [-0.05, 0) is 35.0 Å². The Bertz CT molecular complexity index is 798. The van der Waals surface area contributed by atoms with Gasteiger partial charge < -0.3 is 15.0 Å². The van der Waals surface area contributed by atoms with Crippen molar-refractivity contribution < 1.29 is 18.7 Å². The van der Waals surface area contributed by atoms with Gasteiger partial charge in [0.25, 0.3) is 0 Å². The topological polar surface area (TPSA) is 102 Å². The summed E-state index contributed by atoms with van der Waals surface area (Å²) in [6.45, 7) is 3.15. The summed E-state index contributed by atoms with van der Waals surface area (Å²) in [6, 6.07) is 4.15. The van der Waals surface area contributed by atoms with Crippen LogP contribution in [0.4, 0.5) is 10.1 Å². The Hall–Kier alpha value is -2.88. The number of aromatic nitrogens is 4. The third-order valence-corrected chi connectivity index (χ3v) is 4.37. The van der Waals surface area contributed by atoms with Crippen molar-refractivity contribution in [2.24, 2.45) is 0 Å². The minimum absolute atomic E-state index is 0.0755. The van der Waals surface area contributed by atoms with Crippen molar-refractivity contribution in [1.82, 2.24) is 25.1 Å². The highest BCUT2D eigenvalue weighted by molar-refractivity contribution is 5.91. The molecule has 1 aliphatic heterocycles. The summed E-state index contributed by atoms with van der Waals surface area (Å²) in [5, 5.41) is 13.4. The zero-order valence-electron chi connectivity index (χ0n) is 15.0. The molecule has 2 amide bonds. The van der Waals surface area contributed by atoms with E-state index >= 15 is 0 Å². The first kappa shape index (κ1) is 18.9. The molecule has 1 aromatic heterocycles. The van der Waals surface area contributed by atoms with Gasteiger partial charge in [-0.1, -0.05) is 6.07 Å². The standard InChI is InChI=1S/C17H21FN6O3/c1-12-2-3-13(8-15(12)18)20-16(25)9-14-10-27-7-6-24(14)17(26)4-5-23-11-19-21-22-23/h2-3,8,11,14H,4-7,9-10H2,1H3,(H,20,25)/t14-/m1/s1. The Labute approximate surface area is 155 Å². The van der Waals surface area contributed by atoms with E-state index in [1.54, 1.807) is 24.0 Å². The highest BCUT2D eigenvalue weighted by atomic mass is 19.1. The summed E-state index contributed by atoms with van der Waals surface area (Å²) in [5.74, 6) is -0.770. The summed E-state index contributed by atoms with van der Waals surface area (Å²) in [6.07, 6.45) is 1.75. The number of rotatable bonds is 6. The number of carbonyl (C=O) groups is 2. The highest BCUT2D eigenvalue weighted by Gasteiger charge is 2.29. The smallest absolute Gasteiger partial charge is 0.226 e. The number of ether oxygens (including phenoxy) is 1. The molecule has 0 bridgehead atoms. The Morgan fingerprint density at radius 3 is 3.00 bits per heavy atom. The highest BCUT2D eigenvalue weighted by Crippen LogP contribution is 2.16. The van der Waals surface area contributed by atoms with Crippen LogP contribution in [0.15, 0.2) is 24.5 Å². The molecule has 10 heteroatoms. The fraction of sp³-hybridized carbons (Fsp3) is 0.471. The average Bonchev–Trinajstić information content (AvgIpc) is 3.17. The SMILES string of the molecule is Cc1ccc(NC(=O)C[C@@H]2COCCN2C(=O)CCn2cnnn2)cc1F. The molecule has 3 rings (SSSR count). The second-order valence-corrected chi connectivity index (χ2v) is 6.36. The van der Waals surface area contributed by atoms with Crippen molar-refractivity contribution in [3.8, 4) is 0 Å². The molecule has 2 heterocycles. The van der Waals surface area contributed by atoms with Gasteiger partial charge in [0, 0.05) is 25.1 Å². The number of nitrogens with one attached hydrogen (secondary N) is 1. The molecule has 0 radical (unpaired) electrons. The molecule has 2 aromatic rings. The van der Waals surface area contributed by atoms with E-state index < -0.39 is 0 Å². The molecule has 0 unspecified atom stereocenters. The zero-order valence-corrected chi connectivity index (χ0v) is 15.0. The Balaban J connectivity index is 1.56. The number of aryl methyl sites for hydroxylation is 2. The lowest BCUT2D eigenvalue weighted by molar-refractivity contribution is -0.141. The molecular formula is C17H21FN6O3. The first-order valence-electron chi connectivity index (χ1n) is 8.67. The number of nitrogens with zero attached hydrogens (tertiary/aromatic N) is 5. The van der Waals surface area contributed by atoms with Gasteiger partial charge in [-0.2, -0.15) is 0 Å². The number of tetrazole rings is 1. The summed E-state index contributed by atoms with van der Waals surface area (Å²) < 4.78 is 20.5. The maximum atomic E-state index is 13.6. The number of anilines is 1. The van der Waals surface area contributed by atoms with E-state index in [0.717, 1.165) is 0 Å². The number of hydrogen-bond acceptors (Lipinski definition) is 6. The predicted molar refractivity (Wildman–Crippen MR) is 93.1 cm³/mol. The Morgan fingerprint density at radius 1 is 1.41 bits per heavy atom. The maximum Gasteiger partial charge on any atom is 0.226 e. The Kier molecular flexibility index (Phi) is 6.07. The fourth-order valence-corrected chi connectivity index (χ4v) is 2.89. The summed E-state index contributed by atoms with van der Waals surface area (Å²) >= 11 is 0. The molecule has 1 fully saturated rings. The molecule has 9 nitrogen and oxygen atoms in total. The number of benzene rings is 1. The first-order chi connectivity index (χ1) is 13.0. The molecule has 1 N–H and O–H groups in total. The van der Waals surface area contributed by atoms with E-state index in [-0.39, 0.29) is 43.1 Å². The van der Waals surface area contributed by atoms with Gasteiger partial charge in [0.1, 0.15) is 12.1 Å². The van der Waals surface area contributed by atoms with E-state index in [4.69, 9.17) is 4.74 Å². The zero-order chi connectivity index (χ0) is 19.2. The summed E-state index contributed by atoms with van der Waals surface area (Å²) in [5.41, 5.74) is 0.893. The molecule has 1 aliphatic rings. The minimum atomic E-state index is -0.381. The monoisotopic (exact) mass is 376 g/mol. The van der Waals surface area contributed by atoms with Crippen LogP contribution in [-0.4, -0.2) is 62.7 Å². The van der Waals surface area contributed by atoms with Gasteiger partial charge in [0.15, 0.2) is 0 Å². The maximum absolute atomic E-state index is 13.6. The molecule has 0 saturated carbocycles. The minimum Gasteiger partial charge on any atom is -0.377 e. The van der Waals surface area contributed by atoms with Crippen LogP contribution in [0.5, 0.6) is 0 Å². The Morgan fingerprint density at radius 2 is 2.26 bits per heavy atom. The number of morpholine rings is 1. The van der Waals surface area contributed by atoms with E-state index in [2.05, 4.69) is 20.8 Å². The van der Waals surface area contributed by atoms with Gasteiger partial charge >= 0.3 is 0 Å². The van der Waals surface area contributed by atoms with Crippen LogP contribution in [0.3, 0.4) is 0 Å². The third-order valence-electron chi connectivity index (χ3n) is 4.37. The average molecular weight is 376 g/mol. The fourth-order valence-electron chi connectivity index (χ4n) is 2.89. The van der Waals surface area contributed by atoms with Crippen LogP contribution >= 0.6 is 0 Å². The van der Waals surface area contributed by atoms with Crippen LogP contribution in [-0.2, 0) is 20.9 Å². The van der Waals surface area contributed by atoms with E-state index in [1.165, 1.54) is 17.1 Å². The van der Waals surface area contributed by atoms with Crippen molar-refractivity contribution >= 4 is 17.5 Å². The molecule has 1 saturated heterocycles. The summed E-state index contributed by atoms with van der Waals surface area (Å²) in [4.78, 5) is 26.5. The molecule has 1 atom stereocenters. The molecule has 144 valence electrons.